The Kier molecular flexibility index (Phi) is 15.6. The fourth-order valence-electron chi connectivity index (χ4n) is 3.70. The molecule has 38 heavy (non-hydrogen) atoms. The average molecular weight is 555 g/mol. The van der Waals surface area contributed by atoms with Crippen LogP contribution in [0, 0.1) is 18.9 Å². The second-order valence-electron chi connectivity index (χ2n) is 9.41. The van der Waals surface area contributed by atoms with Gasteiger partial charge in [0.05, 0.1) is 0 Å². The summed E-state index contributed by atoms with van der Waals surface area (Å²) < 4.78 is 6.20. The molecule has 3 heteroatoms. The van der Waals surface area contributed by atoms with E-state index in [9.17, 15) is 0 Å². The summed E-state index contributed by atoms with van der Waals surface area (Å²) in [5, 5.41) is 0. The van der Waals surface area contributed by atoms with E-state index in [0.29, 0.717) is 5.92 Å². The number of hydrogen-bond acceptors (Lipinski definition) is 1. The fourth-order valence-corrected chi connectivity index (χ4v) is 3.70. The van der Waals surface area contributed by atoms with Crippen LogP contribution in [0.1, 0.15) is 51.3 Å². The van der Waals surface area contributed by atoms with Gasteiger partial charge in [0.15, 0.2) is 0 Å². The van der Waals surface area contributed by atoms with E-state index in [1.807, 2.05) is 48.5 Å². The van der Waals surface area contributed by atoms with E-state index < -0.39 is 0 Å². The smallest absolute Gasteiger partial charge is 0.137 e. The van der Waals surface area contributed by atoms with Crippen LogP contribution in [0.3, 0.4) is 0 Å². The molecule has 0 spiro atoms. The van der Waals surface area contributed by atoms with Gasteiger partial charge in [0.1, 0.15) is 11.5 Å². The van der Waals surface area contributed by atoms with Gasteiger partial charge in [-0.3, -0.25) is 6.08 Å². The molecule has 0 fully saturated rings. The van der Waals surface area contributed by atoms with Crippen molar-refractivity contribution in [3.63, 3.8) is 0 Å². The summed E-state index contributed by atoms with van der Waals surface area (Å²) in [6, 6.07) is 28.6. The zero-order valence-electron chi connectivity index (χ0n) is 24.3. The molecule has 1 unspecified atom stereocenters. The Bertz CT molecular complexity index is 1220. The van der Waals surface area contributed by atoms with E-state index >= 15 is 0 Å². The van der Waals surface area contributed by atoms with E-state index in [1.54, 1.807) is 0 Å². The quantitative estimate of drug-likeness (QED) is 0.132. The number of allylic oxidation sites excluding steroid dienone is 6. The van der Waals surface area contributed by atoms with Gasteiger partial charge in [-0.15, -0.1) is 6.92 Å². The molecule has 0 aromatic heterocycles. The number of ether oxygens (including phenoxy) is 1. The van der Waals surface area contributed by atoms with Gasteiger partial charge in [-0.05, 0) is 37.1 Å². The molecule has 0 heterocycles. The molecule has 1 aliphatic rings. The van der Waals surface area contributed by atoms with E-state index in [2.05, 4.69) is 109 Å². The molecular weight excluding hydrogens is 512 g/mol. The van der Waals surface area contributed by atoms with Crippen LogP contribution < -0.4 is 4.74 Å². The SMILES string of the molecule is CC(C=Cc1ccc(C)cc1)=C(Oc1ccccc1)c1ccccc1.CC1=[C-]C(C)C(C)=C1C.C[SiH]C.[Ti]. The Balaban J connectivity index is 0.000000464. The van der Waals surface area contributed by atoms with Crippen molar-refractivity contribution in [2.75, 3.05) is 0 Å². The van der Waals surface area contributed by atoms with Gasteiger partial charge in [0.25, 0.3) is 0 Å². The van der Waals surface area contributed by atoms with Gasteiger partial charge in [-0.1, -0.05) is 130 Å². The molecule has 0 bridgehead atoms. The van der Waals surface area contributed by atoms with Crippen LogP contribution >= 0.6 is 0 Å². The van der Waals surface area contributed by atoms with Crippen LogP contribution in [0.2, 0.25) is 13.1 Å². The van der Waals surface area contributed by atoms with Crippen LogP contribution in [0.5, 0.6) is 5.75 Å². The molecule has 1 radical (unpaired) electrons. The van der Waals surface area contributed by atoms with Crippen LogP contribution in [-0.4, -0.2) is 9.52 Å². The van der Waals surface area contributed by atoms with Gasteiger partial charge in [-0.25, -0.2) is 5.57 Å². The van der Waals surface area contributed by atoms with E-state index in [4.69, 9.17) is 4.74 Å². The first-order valence-corrected chi connectivity index (χ1v) is 15.3. The number of aryl methyl sites for hydroxylation is 1. The number of hydrogen-bond donors (Lipinski definition) is 0. The topological polar surface area (TPSA) is 9.23 Å². The third-order valence-corrected chi connectivity index (χ3v) is 6.20. The van der Waals surface area contributed by atoms with E-state index in [0.717, 1.165) is 32.2 Å². The molecule has 3 aromatic carbocycles. The average Bonchev–Trinajstić information content (AvgIpc) is 3.13. The molecule has 0 saturated heterocycles. The fraction of sp³-hybridized carbons (Fsp3) is 0.257. The molecule has 0 saturated carbocycles. The molecule has 1 nitrogen and oxygen atoms in total. The Morgan fingerprint density at radius 1 is 0.816 bits per heavy atom. The molecule has 197 valence electrons. The third-order valence-electron chi connectivity index (χ3n) is 6.20. The number of benzene rings is 3. The van der Waals surface area contributed by atoms with Crippen molar-refractivity contribution in [1.29, 1.82) is 0 Å². The van der Waals surface area contributed by atoms with Gasteiger partial charge >= 0.3 is 0 Å². The van der Waals surface area contributed by atoms with Crippen molar-refractivity contribution in [2.24, 2.45) is 5.92 Å². The molecule has 0 aliphatic heterocycles. The summed E-state index contributed by atoms with van der Waals surface area (Å²) in [6.45, 7) is 17.3. The van der Waals surface area contributed by atoms with Crippen LogP contribution in [-0.2, 0) is 21.7 Å². The maximum Gasteiger partial charge on any atom is 0.137 e. The van der Waals surface area contributed by atoms with Crippen molar-refractivity contribution in [3.05, 3.63) is 136 Å². The molecule has 0 amide bonds. The zero-order chi connectivity index (χ0) is 27.2. The van der Waals surface area contributed by atoms with Gasteiger partial charge in [0.2, 0.25) is 0 Å². The number of rotatable bonds is 5. The standard InChI is InChI=1S/C24H22O.C9H13.C2H7Si.Ti/c1-19-13-16-21(17-14-19)18-15-20(2)24(22-9-5-3-6-10-22)25-23-11-7-4-8-12-23;1-6-5-7(2)9(4)8(6)3;1-3-2;/h3-18H,1-2H3;6H,1-4H3;3H,1-2H3;/q;-1;;. The van der Waals surface area contributed by atoms with Crippen LogP contribution in [0.25, 0.3) is 11.8 Å². The Hall–Kier alpha value is -2.65. The zero-order valence-corrected chi connectivity index (χ0v) is 27.0. The molecule has 0 N–H and O–H groups in total. The minimum absolute atomic E-state index is 0. The maximum atomic E-state index is 6.20. The summed E-state index contributed by atoms with van der Waals surface area (Å²) in [7, 11) is 0.750. The Morgan fingerprint density at radius 3 is 1.79 bits per heavy atom. The summed E-state index contributed by atoms with van der Waals surface area (Å²) >= 11 is 0. The predicted octanol–water partition coefficient (Wildman–Crippen LogP) is 9.76. The number of para-hydroxylation sites is 1. The van der Waals surface area contributed by atoms with Gasteiger partial charge in [-0.2, -0.15) is 11.1 Å². The Labute approximate surface area is 249 Å². The molecule has 1 atom stereocenters. The first-order chi connectivity index (χ1) is 17.8. The van der Waals surface area contributed by atoms with Crippen molar-refractivity contribution < 1.29 is 26.5 Å². The van der Waals surface area contributed by atoms with E-state index in [-0.39, 0.29) is 21.7 Å². The minimum atomic E-state index is 0. The predicted molar refractivity (Wildman–Crippen MR) is 165 cm³/mol. The van der Waals surface area contributed by atoms with Crippen LogP contribution in [0.4, 0.5) is 0 Å². The first-order valence-electron chi connectivity index (χ1n) is 13.0. The van der Waals surface area contributed by atoms with Crippen LogP contribution in [0.15, 0.2) is 113 Å². The second-order valence-corrected chi connectivity index (χ2v) is 10.6. The van der Waals surface area contributed by atoms with Crippen molar-refractivity contribution in [3.8, 4) is 5.75 Å². The molecular formula is C35H42OSiTi-. The van der Waals surface area contributed by atoms with E-state index in [1.165, 1.54) is 27.8 Å². The molecule has 1 aliphatic carbocycles. The molecule has 4 rings (SSSR count). The van der Waals surface area contributed by atoms with Crippen molar-refractivity contribution in [2.45, 2.75) is 54.6 Å². The Morgan fingerprint density at radius 2 is 1.34 bits per heavy atom. The minimum Gasteiger partial charge on any atom is -0.456 e. The summed E-state index contributed by atoms with van der Waals surface area (Å²) in [4.78, 5) is 0. The van der Waals surface area contributed by atoms with Crippen molar-refractivity contribution in [1.82, 2.24) is 0 Å². The first kappa shape index (κ1) is 33.4. The third kappa shape index (κ3) is 11.0. The molecule has 3 aromatic rings. The summed E-state index contributed by atoms with van der Waals surface area (Å²) in [6.07, 6.45) is 7.58. The monoisotopic (exact) mass is 554 g/mol. The van der Waals surface area contributed by atoms with Crippen molar-refractivity contribution >= 4 is 21.4 Å². The van der Waals surface area contributed by atoms with Gasteiger partial charge in [0, 0.05) is 36.8 Å². The summed E-state index contributed by atoms with van der Waals surface area (Å²) in [5.41, 5.74) is 8.84. The second kappa shape index (κ2) is 17.8. The normalized spacial score (nSPS) is 14.8. The maximum absolute atomic E-state index is 6.20. The summed E-state index contributed by atoms with van der Waals surface area (Å²) in [5.74, 6) is 2.27. The van der Waals surface area contributed by atoms with Gasteiger partial charge < -0.3 is 4.74 Å². The largest absolute Gasteiger partial charge is 0.456 e.